The Morgan fingerprint density at radius 1 is 1.71 bits per heavy atom. The molecule has 0 aliphatic heterocycles. The van der Waals surface area contributed by atoms with Gasteiger partial charge in [0.1, 0.15) is 5.82 Å². The highest BCUT2D eigenvalue weighted by Crippen LogP contribution is 2.01. The molecule has 0 amide bonds. The van der Waals surface area contributed by atoms with Crippen LogP contribution in [0.3, 0.4) is 0 Å². The van der Waals surface area contributed by atoms with Gasteiger partial charge in [0.15, 0.2) is 5.69 Å². The van der Waals surface area contributed by atoms with E-state index in [-0.39, 0.29) is 11.8 Å². The van der Waals surface area contributed by atoms with Crippen molar-refractivity contribution < 1.29 is 14.6 Å². The molecule has 1 atom stereocenters. The lowest BCUT2D eigenvalue weighted by molar-refractivity contribution is 0.0689. The number of aromatic carboxylic acids is 1. The molecule has 0 bridgehead atoms. The fourth-order valence-electron chi connectivity index (χ4n) is 0.957. The molecular formula is C9H12N2O3. The number of carboxylic acids is 1. The summed E-state index contributed by atoms with van der Waals surface area (Å²) in [6.45, 7) is 1.87. The molecule has 0 fully saturated rings. The molecule has 1 heterocycles. The number of aromatic nitrogens is 2. The molecule has 0 radical (unpaired) electrons. The second kappa shape index (κ2) is 4.66. The lowest BCUT2D eigenvalue weighted by Crippen LogP contribution is -2.13. The van der Waals surface area contributed by atoms with E-state index in [0.717, 1.165) is 0 Å². The molecule has 0 saturated carbocycles. The number of hydrogen-bond donors (Lipinski definition) is 1. The van der Waals surface area contributed by atoms with Crippen molar-refractivity contribution >= 4 is 5.97 Å². The summed E-state index contributed by atoms with van der Waals surface area (Å²) in [5, 5.41) is 8.68. The minimum Gasteiger partial charge on any atom is -0.477 e. The Balaban J connectivity index is 2.78. The number of carbonyl (C=O) groups is 1. The first kappa shape index (κ1) is 10.6. The van der Waals surface area contributed by atoms with Crippen LogP contribution >= 0.6 is 0 Å². The van der Waals surface area contributed by atoms with Gasteiger partial charge in [-0.25, -0.2) is 14.8 Å². The van der Waals surface area contributed by atoms with Crippen LogP contribution < -0.4 is 0 Å². The second-order valence-corrected chi connectivity index (χ2v) is 2.91. The van der Waals surface area contributed by atoms with Gasteiger partial charge in [-0.3, -0.25) is 0 Å². The summed E-state index contributed by atoms with van der Waals surface area (Å²) in [5.41, 5.74) is 0.0123. The van der Waals surface area contributed by atoms with Gasteiger partial charge in [-0.1, -0.05) is 0 Å². The third-order valence-corrected chi connectivity index (χ3v) is 1.80. The highest BCUT2D eigenvalue weighted by molar-refractivity contribution is 5.85. The molecule has 0 aliphatic rings. The molecule has 1 N–H and O–H groups in total. The van der Waals surface area contributed by atoms with Gasteiger partial charge in [0.05, 0.1) is 6.10 Å². The van der Waals surface area contributed by atoms with Crippen LogP contribution in [0.4, 0.5) is 0 Å². The van der Waals surface area contributed by atoms with Crippen LogP contribution in [-0.4, -0.2) is 34.3 Å². The first-order valence-electron chi connectivity index (χ1n) is 4.21. The van der Waals surface area contributed by atoms with Crippen molar-refractivity contribution in [2.75, 3.05) is 7.11 Å². The molecule has 1 unspecified atom stereocenters. The fourth-order valence-corrected chi connectivity index (χ4v) is 0.957. The van der Waals surface area contributed by atoms with Gasteiger partial charge in [-0.15, -0.1) is 0 Å². The monoisotopic (exact) mass is 196 g/mol. The molecular weight excluding hydrogens is 184 g/mol. The average molecular weight is 196 g/mol. The zero-order valence-corrected chi connectivity index (χ0v) is 8.10. The van der Waals surface area contributed by atoms with Gasteiger partial charge in [0.25, 0.3) is 0 Å². The van der Waals surface area contributed by atoms with Crippen molar-refractivity contribution in [3.05, 3.63) is 23.8 Å². The second-order valence-electron chi connectivity index (χ2n) is 2.91. The molecule has 1 aromatic rings. The quantitative estimate of drug-likeness (QED) is 0.769. The van der Waals surface area contributed by atoms with Crippen LogP contribution in [0.25, 0.3) is 0 Å². The van der Waals surface area contributed by atoms with Gasteiger partial charge in [-0.05, 0) is 13.0 Å². The van der Waals surface area contributed by atoms with E-state index in [1.165, 1.54) is 12.3 Å². The van der Waals surface area contributed by atoms with Crippen LogP contribution in [0, 0.1) is 0 Å². The number of ether oxygens (including phenoxy) is 1. The summed E-state index contributed by atoms with van der Waals surface area (Å²) in [6, 6.07) is 1.36. The Labute approximate surface area is 81.8 Å². The van der Waals surface area contributed by atoms with Crippen LogP contribution in [0.1, 0.15) is 23.2 Å². The van der Waals surface area contributed by atoms with Gasteiger partial charge < -0.3 is 9.84 Å². The first-order chi connectivity index (χ1) is 6.63. The summed E-state index contributed by atoms with van der Waals surface area (Å²) in [4.78, 5) is 18.4. The summed E-state index contributed by atoms with van der Waals surface area (Å²) in [5.74, 6) is -0.557. The molecule has 14 heavy (non-hydrogen) atoms. The fraction of sp³-hybridized carbons (Fsp3) is 0.444. The topological polar surface area (TPSA) is 72.3 Å². The minimum absolute atomic E-state index is 0.0123. The maximum Gasteiger partial charge on any atom is 0.354 e. The van der Waals surface area contributed by atoms with E-state index in [2.05, 4.69) is 9.97 Å². The van der Waals surface area contributed by atoms with Crippen molar-refractivity contribution in [3.8, 4) is 0 Å². The van der Waals surface area contributed by atoms with Crippen LogP contribution in [0.15, 0.2) is 12.3 Å². The number of nitrogens with zero attached hydrogens (tertiary/aromatic N) is 2. The van der Waals surface area contributed by atoms with Crippen LogP contribution in [0.5, 0.6) is 0 Å². The third kappa shape index (κ3) is 2.77. The Bertz CT molecular complexity index is 328. The van der Waals surface area contributed by atoms with Crippen molar-refractivity contribution in [1.82, 2.24) is 9.97 Å². The van der Waals surface area contributed by atoms with Gasteiger partial charge in [0, 0.05) is 19.7 Å². The molecule has 0 saturated heterocycles. The zero-order chi connectivity index (χ0) is 10.6. The maximum atomic E-state index is 10.6. The predicted octanol–water partition coefficient (Wildman–Crippen LogP) is 0.752. The summed E-state index contributed by atoms with van der Waals surface area (Å²) >= 11 is 0. The van der Waals surface area contributed by atoms with E-state index >= 15 is 0 Å². The lowest BCUT2D eigenvalue weighted by Gasteiger charge is -2.07. The summed E-state index contributed by atoms with van der Waals surface area (Å²) in [6.07, 6.45) is 1.94. The van der Waals surface area contributed by atoms with Crippen LogP contribution in [-0.2, 0) is 11.2 Å². The van der Waals surface area contributed by atoms with E-state index < -0.39 is 5.97 Å². The smallest absolute Gasteiger partial charge is 0.354 e. The molecule has 5 heteroatoms. The Morgan fingerprint density at radius 2 is 2.43 bits per heavy atom. The Hall–Kier alpha value is -1.49. The average Bonchev–Trinajstić information content (AvgIpc) is 2.18. The third-order valence-electron chi connectivity index (χ3n) is 1.80. The standard InChI is InChI=1S/C9H12N2O3/c1-6(14-2)5-8-10-4-3-7(11-8)9(12)13/h3-4,6H,5H2,1-2H3,(H,12,13). The number of methoxy groups -OCH3 is 1. The van der Waals surface area contributed by atoms with E-state index in [1.54, 1.807) is 7.11 Å². The van der Waals surface area contributed by atoms with E-state index in [1.807, 2.05) is 6.92 Å². The summed E-state index contributed by atoms with van der Waals surface area (Å²) in [7, 11) is 1.59. The summed E-state index contributed by atoms with van der Waals surface area (Å²) < 4.78 is 5.03. The molecule has 5 nitrogen and oxygen atoms in total. The molecule has 0 spiro atoms. The first-order valence-corrected chi connectivity index (χ1v) is 4.21. The van der Waals surface area contributed by atoms with Crippen molar-refractivity contribution in [2.45, 2.75) is 19.4 Å². The van der Waals surface area contributed by atoms with E-state index in [4.69, 9.17) is 9.84 Å². The highest BCUT2D eigenvalue weighted by Gasteiger charge is 2.08. The van der Waals surface area contributed by atoms with Crippen molar-refractivity contribution in [3.63, 3.8) is 0 Å². The zero-order valence-electron chi connectivity index (χ0n) is 8.10. The van der Waals surface area contributed by atoms with Crippen LogP contribution in [0.2, 0.25) is 0 Å². The Kier molecular flexibility index (Phi) is 3.53. The minimum atomic E-state index is -1.04. The normalized spacial score (nSPS) is 12.4. The molecule has 1 rings (SSSR count). The maximum absolute atomic E-state index is 10.6. The number of carboxylic acid groups (broad SMARTS) is 1. The van der Waals surface area contributed by atoms with Gasteiger partial charge in [0.2, 0.25) is 0 Å². The van der Waals surface area contributed by atoms with Gasteiger partial charge >= 0.3 is 5.97 Å². The lowest BCUT2D eigenvalue weighted by atomic mass is 10.2. The van der Waals surface area contributed by atoms with Gasteiger partial charge in [-0.2, -0.15) is 0 Å². The van der Waals surface area contributed by atoms with Crippen molar-refractivity contribution in [1.29, 1.82) is 0 Å². The molecule has 1 aromatic heterocycles. The van der Waals surface area contributed by atoms with Crippen molar-refractivity contribution in [2.24, 2.45) is 0 Å². The molecule has 0 aromatic carbocycles. The SMILES string of the molecule is COC(C)Cc1nccc(C(=O)O)n1. The predicted molar refractivity (Wildman–Crippen MR) is 49.2 cm³/mol. The number of hydrogen-bond acceptors (Lipinski definition) is 4. The highest BCUT2D eigenvalue weighted by atomic mass is 16.5. The number of rotatable bonds is 4. The molecule has 76 valence electrons. The Morgan fingerprint density at radius 3 is 3.00 bits per heavy atom. The van der Waals surface area contributed by atoms with E-state index in [0.29, 0.717) is 12.2 Å². The molecule has 0 aliphatic carbocycles. The van der Waals surface area contributed by atoms with E-state index in [9.17, 15) is 4.79 Å². The largest absolute Gasteiger partial charge is 0.477 e.